The summed E-state index contributed by atoms with van der Waals surface area (Å²) in [7, 11) is 0. The van der Waals surface area contributed by atoms with Gasteiger partial charge in [-0.2, -0.15) is 0 Å². The van der Waals surface area contributed by atoms with Crippen LogP contribution < -0.4 is 0 Å². The number of aliphatic hydroxyl groups is 3. The fourth-order valence-corrected chi connectivity index (χ4v) is 7.62. The second-order valence-corrected chi connectivity index (χ2v) is 10.2. The quantitative estimate of drug-likeness (QED) is 0.500. The van der Waals surface area contributed by atoms with E-state index in [1.165, 1.54) is 0 Å². The van der Waals surface area contributed by atoms with Crippen molar-refractivity contribution in [3.05, 3.63) is 0 Å². The summed E-state index contributed by atoms with van der Waals surface area (Å²) in [5.41, 5.74) is -3.73. The molecule has 0 amide bonds. The summed E-state index contributed by atoms with van der Waals surface area (Å²) in [6.07, 6.45) is -1.10. The van der Waals surface area contributed by atoms with E-state index in [9.17, 15) is 30.0 Å². The lowest BCUT2D eigenvalue weighted by Gasteiger charge is -2.70. The van der Waals surface area contributed by atoms with Crippen molar-refractivity contribution in [1.82, 2.24) is 0 Å². The maximum Gasteiger partial charge on any atom is 0.309 e. The van der Waals surface area contributed by atoms with Gasteiger partial charge in [0.05, 0.1) is 30.1 Å². The maximum absolute atomic E-state index is 12.4. The molecule has 0 unspecified atom stereocenters. The van der Waals surface area contributed by atoms with Crippen molar-refractivity contribution in [2.75, 3.05) is 0 Å². The zero-order chi connectivity index (χ0) is 20.0. The molecule has 2 bridgehead atoms. The molecule has 1 spiro atoms. The molecule has 1 heterocycles. The molecule has 0 aromatic rings. The smallest absolute Gasteiger partial charge is 0.309 e. The maximum atomic E-state index is 12.4. The highest BCUT2D eigenvalue weighted by molar-refractivity contribution is 5.75. The molecule has 0 aromatic carbocycles. The van der Waals surface area contributed by atoms with E-state index in [0.717, 1.165) is 0 Å². The van der Waals surface area contributed by atoms with Crippen LogP contribution in [0.1, 0.15) is 59.3 Å². The first-order chi connectivity index (χ1) is 12.4. The van der Waals surface area contributed by atoms with Crippen LogP contribution in [0.3, 0.4) is 0 Å². The number of hydrogen-bond donors (Lipinski definition) is 4. The third-order valence-electron chi connectivity index (χ3n) is 8.64. The lowest BCUT2D eigenvalue weighted by atomic mass is 9.37. The van der Waals surface area contributed by atoms with Crippen LogP contribution in [0.5, 0.6) is 0 Å². The second kappa shape index (κ2) is 5.45. The number of hydrogen-bond acceptors (Lipinski definition) is 6. The van der Waals surface area contributed by atoms with Crippen LogP contribution in [0.25, 0.3) is 0 Å². The van der Waals surface area contributed by atoms with Gasteiger partial charge in [-0.25, -0.2) is 0 Å². The van der Waals surface area contributed by atoms with Gasteiger partial charge in [-0.15, -0.1) is 0 Å². The van der Waals surface area contributed by atoms with Crippen molar-refractivity contribution in [2.24, 2.45) is 28.1 Å². The van der Waals surface area contributed by atoms with Crippen molar-refractivity contribution >= 4 is 11.9 Å². The summed E-state index contributed by atoms with van der Waals surface area (Å²) in [6.45, 7) is 5.32. The highest BCUT2D eigenvalue weighted by atomic mass is 16.6. The number of esters is 1. The van der Waals surface area contributed by atoms with Crippen molar-refractivity contribution in [1.29, 1.82) is 0 Å². The molecular formula is C20H30O7. The Morgan fingerprint density at radius 2 is 1.81 bits per heavy atom. The first-order valence-corrected chi connectivity index (χ1v) is 9.88. The van der Waals surface area contributed by atoms with Crippen LogP contribution in [0.15, 0.2) is 0 Å². The van der Waals surface area contributed by atoms with Gasteiger partial charge in [0.15, 0.2) is 0 Å². The lowest BCUT2D eigenvalue weighted by molar-refractivity contribution is -0.299. The first-order valence-electron chi connectivity index (χ1n) is 9.88. The molecule has 3 saturated carbocycles. The molecular weight excluding hydrogens is 352 g/mol. The van der Waals surface area contributed by atoms with E-state index < -0.39 is 63.9 Å². The van der Waals surface area contributed by atoms with Crippen LogP contribution >= 0.6 is 0 Å². The fourth-order valence-electron chi connectivity index (χ4n) is 7.62. The Morgan fingerprint density at radius 1 is 1.15 bits per heavy atom. The van der Waals surface area contributed by atoms with Crippen LogP contribution in [-0.2, 0) is 14.3 Å². The Balaban J connectivity index is 1.89. The predicted molar refractivity (Wildman–Crippen MR) is 93.5 cm³/mol. The van der Waals surface area contributed by atoms with Crippen molar-refractivity contribution in [2.45, 2.75) is 83.2 Å². The molecule has 1 saturated heterocycles. The molecule has 7 heteroatoms. The lowest BCUT2D eigenvalue weighted by Crippen LogP contribution is -2.73. The third kappa shape index (κ3) is 2.25. The first kappa shape index (κ1) is 19.2. The van der Waals surface area contributed by atoms with E-state index in [-0.39, 0.29) is 19.3 Å². The Labute approximate surface area is 158 Å². The van der Waals surface area contributed by atoms with Crippen LogP contribution in [-0.4, -0.2) is 56.3 Å². The Morgan fingerprint density at radius 3 is 2.44 bits per heavy atom. The standard InChI is InChI=1S/C20H30O7/c1-17-7-10(21)15-19(3)11(18(2,16(25)26)5-4-12(19)22)6-13(23)20(15,9-17)8-14(24)27-17/h10-13,15,21-23H,4-9H2,1-3H3,(H,25,26)/t10-,11+,12-,13-,15-,17-,18+,19-,20-/m0/s1. The Hall–Kier alpha value is -1.18. The average Bonchev–Trinajstić information content (AvgIpc) is 2.52. The number of fused-ring (bicyclic) bond motifs is 3. The SMILES string of the molecule is C[C@@]12C[C@H](O)[C@@H]3[C@@](CC(=O)O1)(C2)[C@@H](O)C[C@H]1[C@@]3(C)[C@@H](O)CC[C@@]1(C)C(=O)O. The minimum atomic E-state index is -1.09. The van der Waals surface area contributed by atoms with E-state index >= 15 is 0 Å². The molecule has 4 N–H and O–H groups in total. The number of carboxylic acid groups (broad SMARTS) is 1. The van der Waals surface area contributed by atoms with Crippen LogP contribution in [0.4, 0.5) is 0 Å². The largest absolute Gasteiger partial charge is 0.481 e. The predicted octanol–water partition coefficient (Wildman–Crippen LogP) is 1.08. The minimum absolute atomic E-state index is 0.00962. The number of carboxylic acids is 1. The average molecular weight is 382 g/mol. The van der Waals surface area contributed by atoms with Crippen LogP contribution in [0, 0.1) is 28.1 Å². The van der Waals surface area contributed by atoms with Gasteiger partial charge in [0.1, 0.15) is 5.60 Å². The highest BCUT2D eigenvalue weighted by Gasteiger charge is 2.73. The fraction of sp³-hybridized carbons (Fsp3) is 0.900. The molecule has 1 aliphatic heterocycles. The molecule has 0 radical (unpaired) electrons. The van der Waals surface area contributed by atoms with E-state index in [1.54, 1.807) is 13.8 Å². The Bertz CT molecular complexity index is 694. The second-order valence-electron chi connectivity index (χ2n) is 10.2. The molecule has 3 aliphatic carbocycles. The number of ether oxygens (including phenoxy) is 1. The van der Waals surface area contributed by atoms with E-state index in [1.807, 2.05) is 6.92 Å². The van der Waals surface area contributed by atoms with Gasteiger partial charge in [0, 0.05) is 23.2 Å². The normalized spacial score (nSPS) is 57.3. The van der Waals surface area contributed by atoms with Crippen molar-refractivity contribution in [3.63, 3.8) is 0 Å². The van der Waals surface area contributed by atoms with E-state index in [2.05, 4.69) is 0 Å². The zero-order valence-corrected chi connectivity index (χ0v) is 16.1. The molecule has 7 nitrogen and oxygen atoms in total. The number of aliphatic hydroxyl groups excluding tert-OH is 3. The molecule has 4 fully saturated rings. The summed E-state index contributed by atoms with van der Waals surface area (Å²) in [5.74, 6) is -2.39. The van der Waals surface area contributed by atoms with E-state index in [4.69, 9.17) is 4.74 Å². The van der Waals surface area contributed by atoms with Gasteiger partial charge in [0.25, 0.3) is 0 Å². The highest BCUT2D eigenvalue weighted by Crippen LogP contribution is 2.70. The molecule has 27 heavy (non-hydrogen) atoms. The summed E-state index contributed by atoms with van der Waals surface area (Å²) in [5, 5.41) is 43.3. The summed E-state index contributed by atoms with van der Waals surface area (Å²) >= 11 is 0. The number of carbonyl (C=O) groups is 2. The molecule has 9 atom stereocenters. The summed E-state index contributed by atoms with van der Waals surface area (Å²) < 4.78 is 5.52. The van der Waals surface area contributed by atoms with Crippen molar-refractivity contribution in [3.8, 4) is 0 Å². The van der Waals surface area contributed by atoms with Crippen molar-refractivity contribution < 1.29 is 34.8 Å². The number of aliphatic carboxylic acids is 1. The Kier molecular flexibility index (Phi) is 3.87. The van der Waals surface area contributed by atoms with Gasteiger partial charge >= 0.3 is 11.9 Å². The summed E-state index contributed by atoms with van der Waals surface area (Å²) in [6, 6.07) is 0. The molecule has 4 aliphatic rings. The van der Waals surface area contributed by atoms with E-state index in [0.29, 0.717) is 19.3 Å². The van der Waals surface area contributed by atoms with Crippen LogP contribution in [0.2, 0.25) is 0 Å². The molecule has 4 rings (SSSR count). The molecule has 0 aromatic heterocycles. The van der Waals surface area contributed by atoms with Gasteiger partial charge in [-0.05, 0) is 45.4 Å². The monoisotopic (exact) mass is 382 g/mol. The molecule has 152 valence electrons. The minimum Gasteiger partial charge on any atom is -0.481 e. The number of rotatable bonds is 1. The number of carbonyl (C=O) groups excluding carboxylic acids is 1. The summed E-state index contributed by atoms with van der Waals surface area (Å²) in [4.78, 5) is 24.5. The van der Waals surface area contributed by atoms with Gasteiger partial charge in [0.2, 0.25) is 0 Å². The van der Waals surface area contributed by atoms with Gasteiger partial charge < -0.3 is 25.2 Å². The van der Waals surface area contributed by atoms with Gasteiger partial charge in [-0.3, -0.25) is 9.59 Å². The zero-order valence-electron chi connectivity index (χ0n) is 16.1. The third-order valence-corrected chi connectivity index (χ3v) is 8.64. The topological polar surface area (TPSA) is 124 Å². The van der Waals surface area contributed by atoms with Gasteiger partial charge in [-0.1, -0.05) is 6.92 Å².